The van der Waals surface area contributed by atoms with E-state index in [4.69, 9.17) is 15.8 Å². The predicted octanol–water partition coefficient (Wildman–Crippen LogP) is 3.41. The predicted molar refractivity (Wildman–Crippen MR) is 93.1 cm³/mol. The van der Waals surface area contributed by atoms with E-state index in [1.807, 2.05) is 30.3 Å². The number of fused-ring (bicyclic) bond motifs is 1. The highest BCUT2D eigenvalue weighted by atomic mass is 35.5. The van der Waals surface area contributed by atoms with Gasteiger partial charge < -0.3 is 8.75 Å². The first-order valence-electron chi connectivity index (χ1n) is 7.10. The molecule has 0 aliphatic carbocycles. The molecule has 0 N–H and O–H groups in total. The van der Waals surface area contributed by atoms with Crippen molar-refractivity contribution in [3.63, 3.8) is 0 Å². The Balaban J connectivity index is 2.23. The van der Waals surface area contributed by atoms with Crippen molar-refractivity contribution >= 4 is 37.9 Å². The minimum atomic E-state index is -3.70. The SMILES string of the molecule is CS(=O)(=O)Oc1cccc2cc(C(=O)Cl)n(Cc3ccccc3)c12. The summed E-state index contributed by atoms with van der Waals surface area (Å²) in [5, 5.41) is 0.0588. The lowest BCUT2D eigenvalue weighted by Gasteiger charge is -2.12. The fourth-order valence-electron chi connectivity index (χ4n) is 2.61. The zero-order valence-corrected chi connectivity index (χ0v) is 14.3. The number of benzene rings is 2. The second-order valence-corrected chi connectivity index (χ2v) is 7.27. The van der Waals surface area contributed by atoms with Gasteiger partial charge in [-0.15, -0.1) is 0 Å². The summed E-state index contributed by atoms with van der Waals surface area (Å²) in [6.07, 6.45) is 0.976. The quantitative estimate of drug-likeness (QED) is 0.514. The number of carbonyl (C=O) groups excluding carboxylic acids is 1. The number of hydrogen-bond donors (Lipinski definition) is 0. The van der Waals surface area contributed by atoms with Crippen molar-refractivity contribution in [2.45, 2.75) is 6.54 Å². The van der Waals surface area contributed by atoms with Crippen molar-refractivity contribution in [3.05, 3.63) is 65.9 Å². The average molecular weight is 364 g/mol. The van der Waals surface area contributed by atoms with E-state index < -0.39 is 15.4 Å². The number of carbonyl (C=O) groups is 1. The third-order valence-corrected chi connectivity index (χ3v) is 4.19. The third-order valence-electron chi connectivity index (χ3n) is 3.51. The van der Waals surface area contributed by atoms with Gasteiger partial charge in [-0.25, -0.2) is 0 Å². The van der Waals surface area contributed by atoms with Gasteiger partial charge in [-0.1, -0.05) is 42.5 Å². The Labute approximate surface area is 144 Å². The molecular formula is C17H14ClNO4S. The molecule has 0 unspecified atom stereocenters. The van der Waals surface area contributed by atoms with E-state index in [0.29, 0.717) is 17.4 Å². The molecule has 24 heavy (non-hydrogen) atoms. The van der Waals surface area contributed by atoms with Crippen molar-refractivity contribution in [1.29, 1.82) is 0 Å². The Kier molecular flexibility index (Phi) is 4.34. The molecule has 1 aromatic heterocycles. The molecule has 0 bridgehead atoms. The molecular weight excluding hydrogens is 350 g/mol. The average Bonchev–Trinajstić information content (AvgIpc) is 2.87. The Bertz CT molecular complexity index is 1010. The fourth-order valence-corrected chi connectivity index (χ4v) is 3.23. The summed E-state index contributed by atoms with van der Waals surface area (Å²) in [5.41, 5.74) is 1.74. The summed E-state index contributed by atoms with van der Waals surface area (Å²) >= 11 is 5.71. The van der Waals surface area contributed by atoms with Crippen molar-refractivity contribution in [1.82, 2.24) is 4.57 Å². The van der Waals surface area contributed by atoms with Crippen LogP contribution < -0.4 is 4.18 Å². The molecule has 0 atom stereocenters. The minimum absolute atomic E-state index is 0.162. The van der Waals surface area contributed by atoms with Gasteiger partial charge in [0.05, 0.1) is 11.8 Å². The number of halogens is 1. The van der Waals surface area contributed by atoms with Crippen LogP contribution in [0.2, 0.25) is 0 Å². The van der Waals surface area contributed by atoms with E-state index in [1.165, 1.54) is 0 Å². The van der Waals surface area contributed by atoms with Crippen molar-refractivity contribution < 1.29 is 17.4 Å². The molecule has 124 valence electrons. The zero-order valence-electron chi connectivity index (χ0n) is 12.8. The Morgan fingerprint density at radius 1 is 1.12 bits per heavy atom. The first-order chi connectivity index (χ1) is 11.3. The van der Waals surface area contributed by atoms with Gasteiger partial charge in [0.2, 0.25) is 0 Å². The minimum Gasteiger partial charge on any atom is -0.380 e. The summed E-state index contributed by atoms with van der Waals surface area (Å²) in [5.74, 6) is 0.162. The molecule has 0 saturated heterocycles. The maximum atomic E-state index is 11.8. The highest BCUT2D eigenvalue weighted by Crippen LogP contribution is 2.31. The first-order valence-corrected chi connectivity index (χ1v) is 9.30. The molecule has 2 aromatic carbocycles. The molecule has 0 amide bonds. The lowest BCUT2D eigenvalue weighted by atomic mass is 10.2. The van der Waals surface area contributed by atoms with Crippen LogP contribution in [-0.2, 0) is 16.7 Å². The van der Waals surface area contributed by atoms with Crippen LogP contribution in [0.15, 0.2) is 54.6 Å². The number of rotatable bonds is 5. The highest BCUT2D eigenvalue weighted by Gasteiger charge is 2.19. The van der Waals surface area contributed by atoms with Crippen LogP contribution in [0.25, 0.3) is 10.9 Å². The Morgan fingerprint density at radius 2 is 1.83 bits per heavy atom. The molecule has 3 aromatic rings. The van der Waals surface area contributed by atoms with Gasteiger partial charge in [-0.2, -0.15) is 8.42 Å². The molecule has 1 heterocycles. The largest absolute Gasteiger partial charge is 0.380 e. The molecule has 3 rings (SSSR count). The van der Waals surface area contributed by atoms with Gasteiger partial charge in [-0.3, -0.25) is 4.79 Å². The molecule has 0 aliphatic rings. The molecule has 0 fully saturated rings. The van der Waals surface area contributed by atoms with Crippen LogP contribution in [0.5, 0.6) is 5.75 Å². The Morgan fingerprint density at radius 3 is 2.46 bits per heavy atom. The van der Waals surface area contributed by atoms with Crippen LogP contribution in [0.1, 0.15) is 16.1 Å². The van der Waals surface area contributed by atoms with E-state index >= 15 is 0 Å². The highest BCUT2D eigenvalue weighted by molar-refractivity contribution is 7.86. The Hall–Kier alpha value is -2.31. The number of nitrogens with zero attached hydrogens (tertiary/aromatic N) is 1. The summed E-state index contributed by atoms with van der Waals surface area (Å²) in [6, 6.07) is 16.1. The van der Waals surface area contributed by atoms with E-state index in [9.17, 15) is 13.2 Å². The van der Waals surface area contributed by atoms with E-state index in [2.05, 4.69) is 0 Å². The van der Waals surface area contributed by atoms with E-state index in [1.54, 1.807) is 28.8 Å². The standard InChI is InChI=1S/C17H14ClNO4S/c1-24(21,22)23-15-9-5-8-13-10-14(17(18)20)19(16(13)15)11-12-6-3-2-4-7-12/h2-10H,11H2,1H3. The van der Waals surface area contributed by atoms with Crippen molar-refractivity contribution in [3.8, 4) is 5.75 Å². The molecule has 0 saturated carbocycles. The molecule has 0 aliphatic heterocycles. The second-order valence-electron chi connectivity index (χ2n) is 5.36. The molecule has 0 spiro atoms. The summed E-state index contributed by atoms with van der Waals surface area (Å²) in [6.45, 7) is 0.363. The number of hydrogen-bond acceptors (Lipinski definition) is 4. The van der Waals surface area contributed by atoms with Crippen LogP contribution in [0, 0.1) is 0 Å². The smallest absolute Gasteiger partial charge is 0.306 e. The molecule has 5 nitrogen and oxygen atoms in total. The molecule has 7 heteroatoms. The van der Waals surface area contributed by atoms with Gasteiger partial charge in [0.25, 0.3) is 5.24 Å². The summed E-state index contributed by atoms with van der Waals surface area (Å²) in [7, 11) is -3.70. The number of para-hydroxylation sites is 1. The van der Waals surface area contributed by atoms with Gasteiger partial charge in [0, 0.05) is 11.9 Å². The van der Waals surface area contributed by atoms with Crippen LogP contribution in [-0.4, -0.2) is 24.5 Å². The molecule has 0 radical (unpaired) electrons. The number of aromatic nitrogens is 1. The van der Waals surface area contributed by atoms with E-state index in [0.717, 1.165) is 11.8 Å². The van der Waals surface area contributed by atoms with Crippen LogP contribution >= 0.6 is 11.6 Å². The summed E-state index contributed by atoms with van der Waals surface area (Å²) in [4.78, 5) is 11.8. The normalized spacial score (nSPS) is 11.6. The van der Waals surface area contributed by atoms with Gasteiger partial charge in [-0.05, 0) is 29.3 Å². The lowest BCUT2D eigenvalue weighted by Crippen LogP contribution is -2.10. The third kappa shape index (κ3) is 3.44. The topological polar surface area (TPSA) is 65.4 Å². The van der Waals surface area contributed by atoms with Gasteiger partial charge in [0.1, 0.15) is 5.69 Å². The van der Waals surface area contributed by atoms with Crippen molar-refractivity contribution in [2.75, 3.05) is 6.26 Å². The maximum absolute atomic E-state index is 11.8. The van der Waals surface area contributed by atoms with Gasteiger partial charge in [0.15, 0.2) is 5.75 Å². The fraction of sp³-hybridized carbons (Fsp3) is 0.118. The van der Waals surface area contributed by atoms with E-state index in [-0.39, 0.29) is 11.4 Å². The van der Waals surface area contributed by atoms with Gasteiger partial charge >= 0.3 is 10.1 Å². The van der Waals surface area contributed by atoms with Crippen LogP contribution in [0.3, 0.4) is 0 Å². The van der Waals surface area contributed by atoms with Crippen molar-refractivity contribution in [2.24, 2.45) is 0 Å². The second kappa shape index (κ2) is 6.30. The van der Waals surface area contributed by atoms with Crippen LogP contribution in [0.4, 0.5) is 0 Å². The zero-order chi connectivity index (χ0) is 17.3. The summed E-state index contributed by atoms with van der Waals surface area (Å²) < 4.78 is 29.8. The monoisotopic (exact) mass is 363 g/mol. The first kappa shape index (κ1) is 16.5. The maximum Gasteiger partial charge on any atom is 0.306 e. The lowest BCUT2D eigenvalue weighted by molar-refractivity contribution is 0.107.